The molecule has 0 atom stereocenters. The van der Waals surface area contributed by atoms with Gasteiger partial charge in [0.2, 0.25) is 0 Å². The van der Waals surface area contributed by atoms with Crippen molar-refractivity contribution in [1.82, 2.24) is 0 Å². The molecule has 128 valence electrons. The Morgan fingerprint density at radius 1 is 1.04 bits per heavy atom. The van der Waals surface area contributed by atoms with Crippen LogP contribution < -0.4 is 14.5 Å². The molecule has 0 aromatic heterocycles. The number of hydrogen-bond acceptors (Lipinski definition) is 3. The maximum atomic E-state index is 12.4. The van der Waals surface area contributed by atoms with Gasteiger partial charge in [0, 0.05) is 11.4 Å². The van der Waals surface area contributed by atoms with E-state index < -0.39 is 10.0 Å². The van der Waals surface area contributed by atoms with Crippen molar-refractivity contribution < 1.29 is 13.3 Å². The summed E-state index contributed by atoms with van der Waals surface area (Å²) in [4.78, 5) is 3.94. The topological polar surface area (TPSA) is 53.9 Å². The summed E-state index contributed by atoms with van der Waals surface area (Å²) in [5, 5.41) is 0.210. The molecule has 1 aliphatic heterocycles. The fraction of sp³-hybridized carbons (Fsp3) is 0.294. The van der Waals surface area contributed by atoms with Gasteiger partial charge in [0.1, 0.15) is 4.90 Å². The Morgan fingerprint density at radius 2 is 1.67 bits per heavy atom. The Balaban J connectivity index is 1.73. The van der Waals surface area contributed by atoms with E-state index in [1.54, 1.807) is 30.3 Å². The maximum absolute atomic E-state index is 12.4. The lowest BCUT2D eigenvalue weighted by Gasteiger charge is -2.31. The van der Waals surface area contributed by atoms with Gasteiger partial charge in [0.05, 0.1) is 38.2 Å². The van der Waals surface area contributed by atoms with Crippen molar-refractivity contribution >= 4 is 33.0 Å². The molecule has 0 radical (unpaired) electrons. The van der Waals surface area contributed by atoms with E-state index >= 15 is 0 Å². The first-order valence-corrected chi connectivity index (χ1v) is 9.75. The first-order chi connectivity index (χ1) is 11.5. The number of anilines is 2. The zero-order valence-corrected chi connectivity index (χ0v) is 15.1. The van der Waals surface area contributed by atoms with Crippen LogP contribution in [0.2, 0.25) is 5.02 Å². The summed E-state index contributed by atoms with van der Waals surface area (Å²) in [5.74, 6) is 0. The third-order valence-electron chi connectivity index (χ3n) is 4.23. The number of halogens is 1. The zero-order chi connectivity index (χ0) is 17.2. The number of hydrogen-bond donors (Lipinski definition) is 2. The Labute approximate surface area is 147 Å². The lowest BCUT2D eigenvalue weighted by molar-refractivity contribution is -0.880. The van der Waals surface area contributed by atoms with Crippen LogP contribution in [-0.2, 0) is 10.0 Å². The van der Waals surface area contributed by atoms with E-state index in [0.717, 1.165) is 31.9 Å². The van der Waals surface area contributed by atoms with Gasteiger partial charge in [-0.3, -0.25) is 4.72 Å². The fourth-order valence-corrected chi connectivity index (χ4v) is 4.34. The molecule has 1 heterocycles. The third kappa shape index (κ3) is 3.83. The van der Waals surface area contributed by atoms with Crippen LogP contribution >= 0.6 is 11.6 Å². The largest absolute Gasteiger partial charge is 0.360 e. The number of nitrogens with zero attached hydrogens (tertiary/aromatic N) is 1. The number of rotatable bonds is 4. The molecule has 7 heteroatoms. The molecule has 0 amide bonds. The Kier molecular flexibility index (Phi) is 4.99. The first kappa shape index (κ1) is 17.1. The van der Waals surface area contributed by atoms with Crippen molar-refractivity contribution in [2.75, 3.05) is 42.8 Å². The third-order valence-corrected chi connectivity index (χ3v) is 6.11. The molecule has 1 fully saturated rings. The zero-order valence-electron chi connectivity index (χ0n) is 13.5. The highest BCUT2D eigenvalue weighted by molar-refractivity contribution is 7.92. The minimum absolute atomic E-state index is 0.0813. The number of nitrogens with one attached hydrogen (secondary N) is 2. The van der Waals surface area contributed by atoms with Gasteiger partial charge in [-0.2, -0.15) is 0 Å². The van der Waals surface area contributed by atoms with Crippen molar-refractivity contribution in [1.29, 1.82) is 0 Å². The van der Waals surface area contributed by atoms with Gasteiger partial charge in [-0.05, 0) is 36.4 Å². The fourth-order valence-electron chi connectivity index (χ4n) is 2.76. The molecular formula is C17H21ClN3O2S+. The summed E-state index contributed by atoms with van der Waals surface area (Å²) in [6.07, 6.45) is 0. The standard InChI is InChI=1S/C17H20ClN3O2S/c1-20-10-12-21(13-11-20)15-8-6-14(7-9-15)19-24(22,23)17-5-3-2-4-16(17)18/h2-9,19H,10-13H2,1H3/p+1. The van der Waals surface area contributed by atoms with Gasteiger partial charge in [0.15, 0.2) is 0 Å². The summed E-state index contributed by atoms with van der Waals surface area (Å²) in [6.45, 7) is 4.24. The molecular weight excluding hydrogens is 346 g/mol. The van der Waals surface area contributed by atoms with E-state index in [-0.39, 0.29) is 9.92 Å². The summed E-state index contributed by atoms with van der Waals surface area (Å²) < 4.78 is 27.5. The molecule has 0 unspecified atom stereocenters. The molecule has 1 aliphatic rings. The van der Waals surface area contributed by atoms with Gasteiger partial charge >= 0.3 is 0 Å². The van der Waals surface area contributed by atoms with Gasteiger partial charge in [-0.25, -0.2) is 8.42 Å². The molecule has 1 saturated heterocycles. The number of quaternary nitrogens is 1. The monoisotopic (exact) mass is 366 g/mol. The summed E-state index contributed by atoms with van der Waals surface area (Å²) >= 11 is 5.99. The van der Waals surface area contributed by atoms with Crippen molar-refractivity contribution in [3.8, 4) is 0 Å². The van der Waals surface area contributed by atoms with Crippen LogP contribution in [0.4, 0.5) is 11.4 Å². The Morgan fingerprint density at radius 3 is 2.29 bits per heavy atom. The van der Waals surface area contributed by atoms with Crippen LogP contribution in [0.1, 0.15) is 0 Å². The van der Waals surface area contributed by atoms with Crippen molar-refractivity contribution in [2.24, 2.45) is 0 Å². The second-order valence-electron chi connectivity index (χ2n) is 6.03. The van der Waals surface area contributed by atoms with Crippen molar-refractivity contribution in [2.45, 2.75) is 4.90 Å². The molecule has 0 bridgehead atoms. The summed E-state index contributed by atoms with van der Waals surface area (Å²) in [7, 11) is -1.49. The molecule has 5 nitrogen and oxygen atoms in total. The van der Waals surface area contributed by atoms with Crippen molar-refractivity contribution in [3.05, 3.63) is 53.6 Å². The van der Waals surface area contributed by atoms with Crippen LogP contribution in [0.3, 0.4) is 0 Å². The quantitative estimate of drug-likeness (QED) is 0.861. The second-order valence-corrected chi connectivity index (χ2v) is 8.08. The highest BCUT2D eigenvalue weighted by Crippen LogP contribution is 2.24. The van der Waals surface area contributed by atoms with Gasteiger partial charge < -0.3 is 9.80 Å². The van der Waals surface area contributed by atoms with Crippen LogP contribution in [0.5, 0.6) is 0 Å². The number of sulfonamides is 1. The predicted octanol–water partition coefficient (Wildman–Crippen LogP) is 1.48. The molecule has 3 rings (SSSR count). The molecule has 2 aromatic rings. The van der Waals surface area contributed by atoms with E-state index in [0.29, 0.717) is 5.69 Å². The van der Waals surface area contributed by atoms with Crippen LogP contribution in [0.25, 0.3) is 0 Å². The van der Waals surface area contributed by atoms with E-state index in [1.807, 2.05) is 12.1 Å². The van der Waals surface area contributed by atoms with Crippen molar-refractivity contribution in [3.63, 3.8) is 0 Å². The Bertz CT molecular complexity index is 801. The summed E-state index contributed by atoms with van der Waals surface area (Å²) in [6, 6.07) is 13.9. The summed E-state index contributed by atoms with van der Waals surface area (Å²) in [5.41, 5.74) is 1.64. The van der Waals surface area contributed by atoms with E-state index in [2.05, 4.69) is 16.7 Å². The smallest absolute Gasteiger partial charge is 0.263 e. The molecule has 2 aromatic carbocycles. The maximum Gasteiger partial charge on any atom is 0.263 e. The average molecular weight is 367 g/mol. The van der Waals surface area contributed by atoms with Gasteiger partial charge in [0.25, 0.3) is 10.0 Å². The Hall–Kier alpha value is -1.76. The normalized spacial score (nSPS) is 16.2. The minimum atomic E-state index is -3.69. The molecule has 0 spiro atoms. The van der Waals surface area contributed by atoms with Gasteiger partial charge in [-0.15, -0.1) is 0 Å². The highest BCUT2D eigenvalue weighted by atomic mass is 35.5. The van der Waals surface area contributed by atoms with E-state index in [4.69, 9.17) is 11.6 Å². The minimum Gasteiger partial charge on any atom is -0.360 e. The average Bonchev–Trinajstić information content (AvgIpc) is 2.56. The van der Waals surface area contributed by atoms with Crippen LogP contribution in [0.15, 0.2) is 53.4 Å². The van der Waals surface area contributed by atoms with E-state index in [1.165, 1.54) is 11.0 Å². The number of piperazine rings is 1. The van der Waals surface area contributed by atoms with E-state index in [9.17, 15) is 8.42 Å². The second kappa shape index (κ2) is 7.01. The SMILES string of the molecule is C[NH+]1CCN(c2ccc(NS(=O)(=O)c3ccccc3Cl)cc2)CC1. The molecule has 2 N–H and O–H groups in total. The lowest BCUT2D eigenvalue weighted by atomic mass is 10.2. The van der Waals surface area contributed by atoms with Gasteiger partial charge in [-0.1, -0.05) is 23.7 Å². The number of likely N-dealkylation sites (N-methyl/N-ethyl adjacent to an activating group) is 1. The highest BCUT2D eigenvalue weighted by Gasteiger charge is 2.19. The molecule has 24 heavy (non-hydrogen) atoms. The molecule has 0 saturated carbocycles. The first-order valence-electron chi connectivity index (χ1n) is 7.89. The van der Waals surface area contributed by atoms with Crippen LogP contribution in [-0.4, -0.2) is 41.6 Å². The van der Waals surface area contributed by atoms with Crippen LogP contribution in [0, 0.1) is 0 Å². The number of benzene rings is 2. The predicted molar refractivity (Wildman–Crippen MR) is 97.5 cm³/mol. The lowest BCUT2D eigenvalue weighted by Crippen LogP contribution is -3.12. The molecule has 0 aliphatic carbocycles.